The Bertz CT molecular complexity index is 811. The van der Waals surface area contributed by atoms with Crippen LogP contribution in [-0.2, 0) is 6.61 Å². The van der Waals surface area contributed by atoms with Crippen molar-refractivity contribution in [2.24, 2.45) is 0 Å². The van der Waals surface area contributed by atoms with E-state index in [0.29, 0.717) is 17.9 Å². The highest BCUT2D eigenvalue weighted by atomic mass is 16.5. The number of rotatable bonds is 5. The van der Waals surface area contributed by atoms with Gasteiger partial charge in [0, 0.05) is 0 Å². The summed E-state index contributed by atoms with van der Waals surface area (Å²) in [6, 6.07) is 24.4. The molecule has 0 aliphatic heterocycles. The van der Waals surface area contributed by atoms with E-state index in [9.17, 15) is 4.79 Å². The number of hydrogen-bond donors (Lipinski definition) is 0. The summed E-state index contributed by atoms with van der Waals surface area (Å²) in [5.41, 5.74) is 2.49. The summed E-state index contributed by atoms with van der Waals surface area (Å²) in [5.74, 6) is 0.920. The van der Waals surface area contributed by atoms with Crippen LogP contribution in [0.3, 0.4) is 0 Å². The fourth-order valence-corrected chi connectivity index (χ4v) is 2.30. The normalized spacial score (nSPS) is 10.2. The Hall–Kier alpha value is -3.07. The largest absolute Gasteiger partial charge is 0.489 e. The molecular formula is C21H18O3. The number of ether oxygens (including phenoxy) is 2. The summed E-state index contributed by atoms with van der Waals surface area (Å²) in [4.78, 5) is 12.1. The lowest BCUT2D eigenvalue weighted by atomic mass is 10.2. The summed E-state index contributed by atoms with van der Waals surface area (Å²) in [6.07, 6.45) is 0. The minimum atomic E-state index is -0.364. The van der Waals surface area contributed by atoms with Crippen molar-refractivity contribution in [2.45, 2.75) is 13.5 Å². The molecule has 3 heteroatoms. The SMILES string of the molecule is Cc1cc(OCc2ccccc2)ccc1OC(=O)c1ccccc1. The number of benzene rings is 3. The summed E-state index contributed by atoms with van der Waals surface area (Å²) in [6.45, 7) is 2.40. The summed E-state index contributed by atoms with van der Waals surface area (Å²) in [5, 5.41) is 0. The Kier molecular flexibility index (Phi) is 4.92. The second-order valence-electron chi connectivity index (χ2n) is 5.46. The van der Waals surface area contributed by atoms with Crippen molar-refractivity contribution >= 4 is 5.97 Å². The number of esters is 1. The average Bonchev–Trinajstić information content (AvgIpc) is 2.63. The molecule has 3 rings (SSSR count). The molecule has 0 spiro atoms. The smallest absolute Gasteiger partial charge is 0.343 e. The van der Waals surface area contributed by atoms with Crippen LogP contribution in [-0.4, -0.2) is 5.97 Å². The lowest BCUT2D eigenvalue weighted by Crippen LogP contribution is -2.09. The van der Waals surface area contributed by atoms with Crippen molar-refractivity contribution in [3.05, 3.63) is 95.6 Å². The molecule has 3 nitrogen and oxygen atoms in total. The molecule has 0 radical (unpaired) electrons. The lowest BCUT2D eigenvalue weighted by molar-refractivity contribution is 0.0733. The first-order valence-electron chi connectivity index (χ1n) is 7.77. The number of aryl methyl sites for hydroxylation is 1. The highest BCUT2D eigenvalue weighted by Gasteiger charge is 2.10. The minimum Gasteiger partial charge on any atom is -0.489 e. The third-order valence-electron chi connectivity index (χ3n) is 3.61. The molecule has 24 heavy (non-hydrogen) atoms. The van der Waals surface area contributed by atoms with Crippen molar-refractivity contribution in [1.29, 1.82) is 0 Å². The van der Waals surface area contributed by atoms with Crippen LogP contribution in [0.5, 0.6) is 11.5 Å². The Morgan fingerprint density at radius 1 is 0.875 bits per heavy atom. The van der Waals surface area contributed by atoms with Gasteiger partial charge in [0.2, 0.25) is 0 Å². The fraction of sp³-hybridized carbons (Fsp3) is 0.0952. The Balaban J connectivity index is 1.65. The van der Waals surface area contributed by atoms with Gasteiger partial charge >= 0.3 is 5.97 Å². The van der Waals surface area contributed by atoms with Gasteiger partial charge < -0.3 is 9.47 Å². The zero-order chi connectivity index (χ0) is 16.8. The topological polar surface area (TPSA) is 35.5 Å². The van der Waals surface area contributed by atoms with E-state index in [1.54, 1.807) is 18.2 Å². The molecule has 0 N–H and O–H groups in total. The predicted octanol–water partition coefficient (Wildman–Crippen LogP) is 4.79. The molecule has 120 valence electrons. The summed E-state index contributed by atoms with van der Waals surface area (Å²) in [7, 11) is 0. The monoisotopic (exact) mass is 318 g/mol. The van der Waals surface area contributed by atoms with E-state index in [2.05, 4.69) is 0 Å². The van der Waals surface area contributed by atoms with Gasteiger partial charge in [-0.1, -0.05) is 48.5 Å². The second-order valence-corrected chi connectivity index (χ2v) is 5.46. The molecule has 0 unspecified atom stereocenters. The van der Waals surface area contributed by atoms with Crippen LogP contribution in [0.1, 0.15) is 21.5 Å². The molecule has 0 aliphatic carbocycles. The van der Waals surface area contributed by atoms with Gasteiger partial charge in [0.1, 0.15) is 18.1 Å². The molecule has 3 aromatic carbocycles. The van der Waals surface area contributed by atoms with Gasteiger partial charge in [-0.3, -0.25) is 0 Å². The molecule has 0 saturated heterocycles. The van der Waals surface area contributed by atoms with Crippen LogP contribution < -0.4 is 9.47 Å². The van der Waals surface area contributed by atoms with E-state index in [1.807, 2.05) is 67.6 Å². The van der Waals surface area contributed by atoms with E-state index in [1.165, 1.54) is 0 Å². The Labute approximate surface area is 141 Å². The van der Waals surface area contributed by atoms with Gasteiger partial charge in [0.05, 0.1) is 5.56 Å². The van der Waals surface area contributed by atoms with Gasteiger partial charge in [-0.05, 0) is 48.4 Å². The maximum atomic E-state index is 12.1. The maximum Gasteiger partial charge on any atom is 0.343 e. The second kappa shape index (κ2) is 7.47. The van der Waals surface area contributed by atoms with E-state index in [-0.39, 0.29) is 5.97 Å². The van der Waals surface area contributed by atoms with Crippen molar-refractivity contribution in [3.63, 3.8) is 0 Å². The van der Waals surface area contributed by atoms with E-state index < -0.39 is 0 Å². The fourth-order valence-electron chi connectivity index (χ4n) is 2.30. The molecule has 0 fully saturated rings. The average molecular weight is 318 g/mol. The quantitative estimate of drug-likeness (QED) is 0.501. The molecule has 0 saturated carbocycles. The predicted molar refractivity (Wildman–Crippen MR) is 93.4 cm³/mol. The molecule has 0 bridgehead atoms. The molecule has 3 aromatic rings. The first kappa shape index (κ1) is 15.8. The van der Waals surface area contributed by atoms with Gasteiger partial charge in [-0.2, -0.15) is 0 Å². The lowest BCUT2D eigenvalue weighted by Gasteiger charge is -2.11. The first-order chi connectivity index (χ1) is 11.7. The zero-order valence-electron chi connectivity index (χ0n) is 13.4. The Morgan fingerprint density at radius 3 is 2.21 bits per heavy atom. The first-order valence-corrected chi connectivity index (χ1v) is 7.77. The molecule has 0 amide bonds. The molecular weight excluding hydrogens is 300 g/mol. The number of carbonyl (C=O) groups excluding carboxylic acids is 1. The highest BCUT2D eigenvalue weighted by Crippen LogP contribution is 2.25. The van der Waals surface area contributed by atoms with Crippen LogP contribution in [0.2, 0.25) is 0 Å². The van der Waals surface area contributed by atoms with Gasteiger partial charge in [-0.25, -0.2) is 4.79 Å². The van der Waals surface area contributed by atoms with Crippen molar-refractivity contribution in [1.82, 2.24) is 0 Å². The van der Waals surface area contributed by atoms with Crippen LogP contribution in [0.4, 0.5) is 0 Å². The molecule has 0 aromatic heterocycles. The number of hydrogen-bond acceptors (Lipinski definition) is 3. The minimum absolute atomic E-state index is 0.364. The molecule has 0 aliphatic rings. The van der Waals surface area contributed by atoms with Gasteiger partial charge in [-0.15, -0.1) is 0 Å². The summed E-state index contributed by atoms with van der Waals surface area (Å²) < 4.78 is 11.2. The third-order valence-corrected chi connectivity index (χ3v) is 3.61. The molecule has 0 atom stereocenters. The number of carbonyl (C=O) groups is 1. The van der Waals surface area contributed by atoms with Crippen molar-refractivity contribution in [2.75, 3.05) is 0 Å². The van der Waals surface area contributed by atoms with Gasteiger partial charge in [0.25, 0.3) is 0 Å². The Morgan fingerprint density at radius 2 is 1.54 bits per heavy atom. The summed E-state index contributed by atoms with van der Waals surface area (Å²) >= 11 is 0. The standard InChI is InChI=1S/C21H18O3/c1-16-14-19(23-15-17-8-4-2-5-9-17)12-13-20(16)24-21(22)18-10-6-3-7-11-18/h2-14H,15H2,1H3. The van der Waals surface area contributed by atoms with Crippen LogP contribution in [0, 0.1) is 6.92 Å². The van der Waals surface area contributed by atoms with Crippen molar-refractivity contribution in [3.8, 4) is 11.5 Å². The van der Waals surface area contributed by atoms with Crippen LogP contribution >= 0.6 is 0 Å². The van der Waals surface area contributed by atoms with E-state index in [4.69, 9.17) is 9.47 Å². The molecule has 0 heterocycles. The third kappa shape index (κ3) is 4.02. The highest BCUT2D eigenvalue weighted by molar-refractivity contribution is 5.91. The van der Waals surface area contributed by atoms with Crippen molar-refractivity contribution < 1.29 is 14.3 Å². The van der Waals surface area contributed by atoms with Crippen LogP contribution in [0.25, 0.3) is 0 Å². The maximum absolute atomic E-state index is 12.1. The zero-order valence-corrected chi connectivity index (χ0v) is 13.4. The van der Waals surface area contributed by atoms with Gasteiger partial charge in [0.15, 0.2) is 0 Å². The van der Waals surface area contributed by atoms with E-state index in [0.717, 1.165) is 16.9 Å². The van der Waals surface area contributed by atoms with Crippen LogP contribution in [0.15, 0.2) is 78.9 Å². The van der Waals surface area contributed by atoms with E-state index >= 15 is 0 Å².